The SMILES string of the molecule is COc1cc(C(=O)NCCC(C)C)ccc1Oc1nc(Cc2ccc(F)cc2)ns1. The van der Waals surface area contributed by atoms with Gasteiger partial charge in [0.1, 0.15) is 5.82 Å². The monoisotopic (exact) mass is 429 g/mol. The maximum atomic E-state index is 13.0. The normalized spacial score (nSPS) is 10.8. The molecule has 6 nitrogen and oxygen atoms in total. The first-order chi connectivity index (χ1) is 14.4. The van der Waals surface area contributed by atoms with Gasteiger partial charge in [0.05, 0.1) is 7.11 Å². The van der Waals surface area contributed by atoms with E-state index in [-0.39, 0.29) is 11.7 Å². The fourth-order valence-electron chi connectivity index (χ4n) is 2.70. The molecule has 1 aromatic heterocycles. The van der Waals surface area contributed by atoms with Crippen LogP contribution in [0, 0.1) is 11.7 Å². The number of hydrogen-bond acceptors (Lipinski definition) is 6. The van der Waals surface area contributed by atoms with E-state index in [0.29, 0.717) is 47.0 Å². The van der Waals surface area contributed by atoms with Crippen molar-refractivity contribution in [2.45, 2.75) is 26.7 Å². The van der Waals surface area contributed by atoms with E-state index in [1.165, 1.54) is 19.2 Å². The fourth-order valence-corrected chi connectivity index (χ4v) is 3.26. The quantitative estimate of drug-likeness (QED) is 0.527. The Balaban J connectivity index is 1.65. The summed E-state index contributed by atoms with van der Waals surface area (Å²) in [5.41, 5.74) is 1.41. The van der Waals surface area contributed by atoms with Crippen LogP contribution >= 0.6 is 11.5 Å². The third-order valence-corrected chi connectivity index (χ3v) is 4.99. The zero-order chi connectivity index (χ0) is 21.5. The van der Waals surface area contributed by atoms with Gasteiger partial charge in [0, 0.05) is 30.1 Å². The molecular weight excluding hydrogens is 405 g/mol. The number of methoxy groups -OCH3 is 1. The van der Waals surface area contributed by atoms with Crippen molar-refractivity contribution >= 4 is 17.4 Å². The summed E-state index contributed by atoms with van der Waals surface area (Å²) >= 11 is 1.12. The molecule has 2 aromatic carbocycles. The number of ether oxygens (including phenoxy) is 2. The topological polar surface area (TPSA) is 73.3 Å². The van der Waals surface area contributed by atoms with E-state index >= 15 is 0 Å². The number of rotatable bonds is 9. The Morgan fingerprint density at radius 1 is 1.17 bits per heavy atom. The minimum absolute atomic E-state index is 0.155. The maximum Gasteiger partial charge on any atom is 0.298 e. The molecule has 1 N–H and O–H groups in total. The van der Waals surface area contributed by atoms with Crippen LogP contribution in [0.4, 0.5) is 4.39 Å². The predicted molar refractivity (Wildman–Crippen MR) is 114 cm³/mol. The zero-order valence-corrected chi connectivity index (χ0v) is 18.0. The van der Waals surface area contributed by atoms with Crippen LogP contribution in [0.5, 0.6) is 16.7 Å². The van der Waals surface area contributed by atoms with Crippen molar-refractivity contribution in [3.8, 4) is 16.7 Å². The summed E-state index contributed by atoms with van der Waals surface area (Å²) in [6.45, 7) is 4.85. The van der Waals surface area contributed by atoms with Crippen molar-refractivity contribution in [1.82, 2.24) is 14.7 Å². The van der Waals surface area contributed by atoms with Crippen molar-refractivity contribution in [1.29, 1.82) is 0 Å². The van der Waals surface area contributed by atoms with Gasteiger partial charge in [-0.05, 0) is 48.2 Å². The van der Waals surface area contributed by atoms with Gasteiger partial charge in [-0.25, -0.2) is 4.39 Å². The van der Waals surface area contributed by atoms with Gasteiger partial charge in [0.25, 0.3) is 11.1 Å². The number of carbonyl (C=O) groups is 1. The molecule has 0 aliphatic carbocycles. The van der Waals surface area contributed by atoms with Crippen LogP contribution in [0.15, 0.2) is 42.5 Å². The largest absolute Gasteiger partial charge is 0.493 e. The van der Waals surface area contributed by atoms with E-state index in [1.54, 1.807) is 30.3 Å². The highest BCUT2D eigenvalue weighted by molar-refractivity contribution is 7.07. The van der Waals surface area contributed by atoms with Crippen LogP contribution in [0.3, 0.4) is 0 Å². The summed E-state index contributed by atoms with van der Waals surface area (Å²) in [7, 11) is 1.52. The van der Waals surface area contributed by atoms with Crippen LogP contribution in [0.1, 0.15) is 42.0 Å². The third-order valence-electron chi connectivity index (χ3n) is 4.36. The highest BCUT2D eigenvalue weighted by atomic mass is 32.1. The van der Waals surface area contributed by atoms with Crippen LogP contribution < -0.4 is 14.8 Å². The van der Waals surface area contributed by atoms with Crippen LogP contribution in [0.2, 0.25) is 0 Å². The van der Waals surface area contributed by atoms with Crippen LogP contribution in [-0.4, -0.2) is 28.9 Å². The van der Waals surface area contributed by atoms with Crippen LogP contribution in [-0.2, 0) is 6.42 Å². The van der Waals surface area contributed by atoms with Crippen molar-refractivity contribution in [2.24, 2.45) is 5.92 Å². The Hall–Kier alpha value is -3.00. The first kappa shape index (κ1) is 21.7. The van der Waals surface area contributed by atoms with E-state index in [1.807, 2.05) is 0 Å². The molecule has 1 amide bonds. The molecule has 30 heavy (non-hydrogen) atoms. The summed E-state index contributed by atoms with van der Waals surface area (Å²) in [5.74, 6) is 1.55. The molecule has 0 saturated heterocycles. The third kappa shape index (κ3) is 6.00. The predicted octanol–water partition coefficient (Wildman–Crippen LogP) is 4.84. The van der Waals surface area contributed by atoms with E-state index in [2.05, 4.69) is 28.5 Å². The van der Waals surface area contributed by atoms with Crippen molar-refractivity contribution in [3.05, 3.63) is 65.2 Å². The molecule has 3 aromatic rings. The highest BCUT2D eigenvalue weighted by Gasteiger charge is 2.14. The molecule has 0 spiro atoms. The number of aromatic nitrogens is 2. The van der Waals surface area contributed by atoms with Gasteiger partial charge in [-0.2, -0.15) is 9.36 Å². The van der Waals surface area contributed by atoms with Gasteiger partial charge in [-0.3, -0.25) is 4.79 Å². The van der Waals surface area contributed by atoms with E-state index in [0.717, 1.165) is 23.5 Å². The summed E-state index contributed by atoms with van der Waals surface area (Å²) < 4.78 is 28.5. The van der Waals surface area contributed by atoms with Gasteiger partial charge in [-0.15, -0.1) is 0 Å². The Morgan fingerprint density at radius 3 is 2.63 bits per heavy atom. The zero-order valence-electron chi connectivity index (χ0n) is 17.1. The fraction of sp³-hybridized carbons (Fsp3) is 0.318. The highest BCUT2D eigenvalue weighted by Crippen LogP contribution is 2.33. The molecular formula is C22H24FN3O3S. The Bertz CT molecular complexity index is 990. The van der Waals surface area contributed by atoms with Gasteiger partial charge >= 0.3 is 0 Å². The van der Waals surface area contributed by atoms with Crippen molar-refractivity contribution in [3.63, 3.8) is 0 Å². The number of carbonyl (C=O) groups excluding carboxylic acids is 1. The average Bonchev–Trinajstić information content (AvgIpc) is 3.16. The lowest BCUT2D eigenvalue weighted by atomic mass is 10.1. The molecule has 0 aliphatic heterocycles. The standard InChI is InChI=1S/C22H24FN3O3S/c1-14(2)10-11-24-21(27)16-6-9-18(19(13-16)28-3)29-22-25-20(26-30-22)12-15-4-7-17(23)8-5-15/h4-9,13-14H,10-12H2,1-3H3,(H,24,27). The Morgan fingerprint density at radius 2 is 1.93 bits per heavy atom. The Kier molecular flexibility index (Phi) is 7.35. The molecule has 0 saturated carbocycles. The lowest BCUT2D eigenvalue weighted by molar-refractivity contribution is 0.0951. The summed E-state index contributed by atoms with van der Waals surface area (Å²) in [5, 5.41) is 3.26. The van der Waals surface area contributed by atoms with Crippen molar-refractivity contribution in [2.75, 3.05) is 13.7 Å². The second-order valence-electron chi connectivity index (χ2n) is 7.19. The minimum atomic E-state index is -0.279. The molecule has 1 heterocycles. The number of nitrogens with one attached hydrogen (secondary N) is 1. The van der Waals surface area contributed by atoms with Crippen LogP contribution in [0.25, 0.3) is 0 Å². The number of amides is 1. The molecule has 3 rings (SSSR count). The molecule has 8 heteroatoms. The second-order valence-corrected chi connectivity index (χ2v) is 7.90. The second kappa shape index (κ2) is 10.2. The van der Waals surface area contributed by atoms with Gasteiger partial charge in [0.15, 0.2) is 17.3 Å². The lowest BCUT2D eigenvalue weighted by Gasteiger charge is -2.11. The number of hydrogen-bond donors (Lipinski definition) is 1. The van der Waals surface area contributed by atoms with E-state index in [4.69, 9.17) is 9.47 Å². The van der Waals surface area contributed by atoms with E-state index in [9.17, 15) is 9.18 Å². The molecule has 158 valence electrons. The molecule has 0 unspecified atom stereocenters. The van der Waals surface area contributed by atoms with Gasteiger partial charge < -0.3 is 14.8 Å². The summed E-state index contributed by atoms with van der Waals surface area (Å²) in [6, 6.07) is 11.2. The minimum Gasteiger partial charge on any atom is -0.493 e. The molecule has 0 fully saturated rings. The molecule has 0 aliphatic rings. The maximum absolute atomic E-state index is 13.0. The molecule has 0 atom stereocenters. The summed E-state index contributed by atoms with van der Waals surface area (Å²) in [4.78, 5) is 16.7. The average molecular weight is 430 g/mol. The molecule has 0 bridgehead atoms. The first-order valence-corrected chi connectivity index (χ1v) is 10.4. The van der Waals surface area contributed by atoms with Gasteiger partial charge in [-0.1, -0.05) is 26.0 Å². The smallest absolute Gasteiger partial charge is 0.298 e. The van der Waals surface area contributed by atoms with Gasteiger partial charge in [0.2, 0.25) is 0 Å². The number of nitrogens with zero attached hydrogens (tertiary/aromatic N) is 2. The van der Waals surface area contributed by atoms with Crippen molar-refractivity contribution < 1.29 is 18.7 Å². The number of benzene rings is 2. The Labute approximate surface area is 179 Å². The molecule has 0 radical (unpaired) electrons. The summed E-state index contributed by atoms with van der Waals surface area (Å²) in [6.07, 6.45) is 1.40. The first-order valence-electron chi connectivity index (χ1n) is 9.65. The lowest BCUT2D eigenvalue weighted by Crippen LogP contribution is -2.25. The van der Waals surface area contributed by atoms with E-state index < -0.39 is 0 Å². The number of halogens is 1.